The number of amides is 1. The van der Waals surface area contributed by atoms with Crippen molar-refractivity contribution in [3.8, 4) is 0 Å². The zero-order chi connectivity index (χ0) is 13.7. The van der Waals surface area contributed by atoms with Crippen LogP contribution in [0.1, 0.15) is 28.4 Å². The van der Waals surface area contributed by atoms with Crippen LogP contribution in [0.25, 0.3) is 0 Å². The third-order valence-electron chi connectivity index (χ3n) is 2.79. The predicted octanol–water partition coefficient (Wildman–Crippen LogP) is 1.38. The molecule has 100 valence electrons. The van der Waals surface area contributed by atoms with Gasteiger partial charge in [0.1, 0.15) is 0 Å². The summed E-state index contributed by atoms with van der Waals surface area (Å²) >= 11 is 0. The summed E-state index contributed by atoms with van der Waals surface area (Å²) in [6.45, 7) is 6.08. The number of aryl methyl sites for hydroxylation is 2. The third-order valence-corrected chi connectivity index (χ3v) is 4.10. The Labute approximate surface area is 110 Å². The maximum absolute atomic E-state index is 11.9. The molecule has 3 N–H and O–H groups in total. The van der Waals surface area contributed by atoms with Crippen molar-refractivity contribution >= 4 is 22.4 Å². The van der Waals surface area contributed by atoms with Crippen molar-refractivity contribution in [2.24, 2.45) is 0 Å². The molecule has 5 heteroatoms. The molecule has 0 spiro atoms. The number of benzene rings is 1. The van der Waals surface area contributed by atoms with Gasteiger partial charge in [-0.25, -0.2) is 0 Å². The molecule has 0 saturated carbocycles. The van der Waals surface area contributed by atoms with E-state index in [2.05, 4.69) is 5.32 Å². The Morgan fingerprint density at radius 3 is 2.61 bits per heavy atom. The number of hydrogen-bond acceptors (Lipinski definition) is 3. The average molecular weight is 268 g/mol. The summed E-state index contributed by atoms with van der Waals surface area (Å²) in [7, 11) is -0.853. The molecule has 0 radical (unpaired) electrons. The molecule has 1 atom stereocenters. The minimum Gasteiger partial charge on any atom is -0.398 e. The maximum atomic E-state index is 11.9. The molecule has 0 aliphatic carbocycles. The molecular weight excluding hydrogens is 248 g/mol. The highest BCUT2D eigenvalue weighted by molar-refractivity contribution is 7.84. The second kappa shape index (κ2) is 6.54. The van der Waals surface area contributed by atoms with Gasteiger partial charge in [0.15, 0.2) is 0 Å². The van der Waals surface area contributed by atoms with E-state index in [0.29, 0.717) is 29.3 Å². The molecule has 0 heterocycles. The van der Waals surface area contributed by atoms with Gasteiger partial charge in [-0.2, -0.15) is 0 Å². The molecule has 1 rings (SSSR count). The van der Waals surface area contributed by atoms with Crippen LogP contribution in [0, 0.1) is 13.8 Å². The van der Waals surface area contributed by atoms with E-state index < -0.39 is 10.8 Å². The summed E-state index contributed by atoms with van der Waals surface area (Å²) in [6.07, 6.45) is 0. The Bertz CT molecular complexity index is 472. The highest BCUT2D eigenvalue weighted by Gasteiger charge is 2.10. The van der Waals surface area contributed by atoms with E-state index in [1.807, 2.05) is 26.8 Å². The number of nitrogen functional groups attached to an aromatic ring is 1. The van der Waals surface area contributed by atoms with Gasteiger partial charge in [-0.1, -0.05) is 13.0 Å². The molecule has 1 unspecified atom stereocenters. The zero-order valence-electron chi connectivity index (χ0n) is 11.1. The number of nitrogens with two attached hydrogens (primary N) is 1. The molecular formula is C13H20N2O2S. The quantitative estimate of drug-likeness (QED) is 0.793. The molecule has 1 aromatic carbocycles. The molecule has 0 aliphatic heterocycles. The highest BCUT2D eigenvalue weighted by Crippen LogP contribution is 2.17. The molecule has 0 bridgehead atoms. The summed E-state index contributed by atoms with van der Waals surface area (Å²) in [5, 5.41) is 2.76. The smallest absolute Gasteiger partial charge is 0.251 e. The number of nitrogens with one attached hydrogen (secondary N) is 1. The fourth-order valence-corrected chi connectivity index (χ4v) is 2.25. The summed E-state index contributed by atoms with van der Waals surface area (Å²) in [5.74, 6) is 0.946. The van der Waals surface area contributed by atoms with Crippen molar-refractivity contribution in [1.29, 1.82) is 0 Å². The molecule has 0 aliphatic rings. The maximum Gasteiger partial charge on any atom is 0.251 e. The van der Waals surface area contributed by atoms with Crippen LogP contribution in [0.2, 0.25) is 0 Å². The van der Waals surface area contributed by atoms with E-state index in [0.717, 1.165) is 11.1 Å². The molecule has 0 aromatic heterocycles. The zero-order valence-corrected chi connectivity index (χ0v) is 11.9. The second-order valence-corrected chi connectivity index (χ2v) is 6.08. The number of carbonyl (C=O) groups excluding carboxylic acids is 1. The largest absolute Gasteiger partial charge is 0.398 e. The van der Waals surface area contributed by atoms with Gasteiger partial charge in [0.05, 0.1) is 0 Å². The Morgan fingerprint density at radius 1 is 1.33 bits per heavy atom. The van der Waals surface area contributed by atoms with Crippen LogP contribution in [0.15, 0.2) is 12.1 Å². The first-order valence-electron chi connectivity index (χ1n) is 5.95. The standard InChI is InChI=1S/C13H20N2O2S/c1-4-18(17)6-5-15-13(16)11-8-12(14)10(3)7-9(11)2/h7-8H,4-6,14H2,1-3H3,(H,15,16). The highest BCUT2D eigenvalue weighted by atomic mass is 32.2. The Balaban J connectivity index is 2.67. The van der Waals surface area contributed by atoms with Crippen LogP contribution < -0.4 is 11.1 Å². The molecule has 1 amide bonds. The predicted molar refractivity (Wildman–Crippen MR) is 76.2 cm³/mol. The summed E-state index contributed by atoms with van der Waals surface area (Å²) < 4.78 is 11.2. The van der Waals surface area contributed by atoms with Crippen LogP contribution in [0.3, 0.4) is 0 Å². The minimum absolute atomic E-state index is 0.160. The fourth-order valence-electron chi connectivity index (χ4n) is 1.63. The summed E-state index contributed by atoms with van der Waals surface area (Å²) in [5.41, 5.74) is 8.86. The minimum atomic E-state index is -0.853. The van der Waals surface area contributed by atoms with Gasteiger partial charge < -0.3 is 11.1 Å². The van der Waals surface area contributed by atoms with E-state index in [1.165, 1.54) is 0 Å². The van der Waals surface area contributed by atoms with Crippen molar-refractivity contribution in [2.75, 3.05) is 23.8 Å². The van der Waals surface area contributed by atoms with Crippen LogP contribution >= 0.6 is 0 Å². The number of rotatable bonds is 5. The third kappa shape index (κ3) is 3.84. The van der Waals surface area contributed by atoms with Gasteiger partial charge in [-0.05, 0) is 31.0 Å². The molecule has 18 heavy (non-hydrogen) atoms. The van der Waals surface area contributed by atoms with Gasteiger partial charge >= 0.3 is 0 Å². The lowest BCUT2D eigenvalue weighted by molar-refractivity contribution is 0.0955. The number of hydrogen-bond donors (Lipinski definition) is 2. The average Bonchev–Trinajstić information content (AvgIpc) is 2.33. The van der Waals surface area contributed by atoms with Crippen LogP contribution in [0.5, 0.6) is 0 Å². The van der Waals surface area contributed by atoms with Gasteiger partial charge in [-0.3, -0.25) is 9.00 Å². The van der Waals surface area contributed by atoms with E-state index in [-0.39, 0.29) is 5.91 Å². The first kappa shape index (κ1) is 14.7. The Kier molecular flexibility index (Phi) is 5.34. The van der Waals surface area contributed by atoms with Crippen molar-refractivity contribution in [1.82, 2.24) is 5.32 Å². The topological polar surface area (TPSA) is 72.2 Å². The molecule has 1 aromatic rings. The van der Waals surface area contributed by atoms with E-state index in [4.69, 9.17) is 5.73 Å². The monoisotopic (exact) mass is 268 g/mol. The first-order valence-corrected chi connectivity index (χ1v) is 7.44. The van der Waals surface area contributed by atoms with Crippen molar-refractivity contribution in [2.45, 2.75) is 20.8 Å². The lowest BCUT2D eigenvalue weighted by atomic mass is 10.0. The summed E-state index contributed by atoms with van der Waals surface area (Å²) in [4.78, 5) is 11.9. The van der Waals surface area contributed by atoms with Crippen molar-refractivity contribution in [3.63, 3.8) is 0 Å². The molecule has 0 fully saturated rings. The summed E-state index contributed by atoms with van der Waals surface area (Å²) in [6, 6.07) is 3.59. The molecule has 4 nitrogen and oxygen atoms in total. The number of carbonyl (C=O) groups is 1. The number of anilines is 1. The first-order chi connectivity index (χ1) is 8.45. The Morgan fingerprint density at radius 2 is 2.00 bits per heavy atom. The Hall–Kier alpha value is -1.36. The normalized spacial score (nSPS) is 12.2. The van der Waals surface area contributed by atoms with Crippen LogP contribution in [0.4, 0.5) is 5.69 Å². The van der Waals surface area contributed by atoms with E-state index in [9.17, 15) is 9.00 Å². The lowest BCUT2D eigenvalue weighted by Crippen LogP contribution is -2.28. The lowest BCUT2D eigenvalue weighted by Gasteiger charge is -2.10. The van der Waals surface area contributed by atoms with Gasteiger partial charge in [0.25, 0.3) is 5.91 Å². The van der Waals surface area contributed by atoms with E-state index in [1.54, 1.807) is 6.07 Å². The van der Waals surface area contributed by atoms with Crippen molar-refractivity contribution < 1.29 is 9.00 Å². The van der Waals surface area contributed by atoms with Crippen LogP contribution in [-0.2, 0) is 10.8 Å². The van der Waals surface area contributed by atoms with Gasteiger partial charge in [-0.15, -0.1) is 0 Å². The van der Waals surface area contributed by atoms with Gasteiger partial charge in [0.2, 0.25) is 0 Å². The second-order valence-electron chi connectivity index (χ2n) is 4.21. The fraction of sp³-hybridized carbons (Fsp3) is 0.462. The SMILES string of the molecule is CCS(=O)CCNC(=O)c1cc(N)c(C)cc1C. The van der Waals surface area contributed by atoms with Gasteiger partial charge in [0, 0.05) is 40.1 Å². The molecule has 0 saturated heterocycles. The van der Waals surface area contributed by atoms with Crippen LogP contribution in [-0.4, -0.2) is 28.2 Å². The van der Waals surface area contributed by atoms with E-state index >= 15 is 0 Å². The van der Waals surface area contributed by atoms with Crippen molar-refractivity contribution in [3.05, 3.63) is 28.8 Å².